The van der Waals surface area contributed by atoms with E-state index in [1.54, 1.807) is 25.7 Å². The van der Waals surface area contributed by atoms with Crippen molar-refractivity contribution in [3.8, 4) is 5.75 Å². The van der Waals surface area contributed by atoms with Gasteiger partial charge in [-0.2, -0.15) is 0 Å². The molecular weight excluding hydrogens is 318 g/mol. The zero-order chi connectivity index (χ0) is 17.3. The Hall–Kier alpha value is -1.76. The number of carbonyl (C=O) groups is 1. The number of amides is 1. The number of likely N-dealkylation sites (tertiary alicyclic amines) is 1. The minimum Gasteiger partial charge on any atom is -0.508 e. The molecule has 1 aliphatic rings. The lowest BCUT2D eigenvalue weighted by molar-refractivity contribution is 0.0217. The van der Waals surface area contributed by atoms with Gasteiger partial charge >= 0.3 is 6.09 Å². The lowest BCUT2D eigenvalue weighted by Gasteiger charge is -2.33. The van der Waals surface area contributed by atoms with Crippen LogP contribution in [0.5, 0.6) is 5.75 Å². The van der Waals surface area contributed by atoms with Gasteiger partial charge in [0.15, 0.2) is 9.84 Å². The summed E-state index contributed by atoms with van der Waals surface area (Å²) in [5.41, 5.74) is -0.563. The average molecular weight is 341 g/mol. The van der Waals surface area contributed by atoms with Crippen LogP contribution in [0.15, 0.2) is 29.2 Å². The van der Waals surface area contributed by atoms with E-state index < -0.39 is 26.8 Å². The molecule has 1 saturated heterocycles. The average Bonchev–Trinajstić information content (AvgIpc) is 2.46. The van der Waals surface area contributed by atoms with Crippen LogP contribution in [0, 0.1) is 0 Å². The molecule has 0 unspecified atom stereocenters. The molecule has 1 N–H and O–H groups in total. The highest BCUT2D eigenvalue weighted by molar-refractivity contribution is 7.92. The molecule has 1 aromatic rings. The van der Waals surface area contributed by atoms with Crippen LogP contribution in [-0.2, 0) is 14.6 Å². The molecule has 2 rings (SSSR count). The van der Waals surface area contributed by atoms with Crippen LogP contribution in [0.1, 0.15) is 33.6 Å². The van der Waals surface area contributed by atoms with Crippen molar-refractivity contribution in [3.63, 3.8) is 0 Å². The van der Waals surface area contributed by atoms with Crippen molar-refractivity contribution in [2.45, 2.75) is 49.4 Å². The van der Waals surface area contributed by atoms with Crippen LogP contribution in [0.2, 0.25) is 0 Å². The zero-order valence-corrected chi connectivity index (χ0v) is 14.5. The van der Waals surface area contributed by atoms with Gasteiger partial charge in [0, 0.05) is 13.1 Å². The molecular formula is C16H23NO5S. The summed E-state index contributed by atoms with van der Waals surface area (Å²) in [7, 11) is -3.45. The van der Waals surface area contributed by atoms with Crippen molar-refractivity contribution in [1.82, 2.24) is 4.90 Å². The van der Waals surface area contributed by atoms with Crippen LogP contribution in [0.4, 0.5) is 4.79 Å². The molecule has 0 atom stereocenters. The lowest BCUT2D eigenvalue weighted by atomic mass is 10.1. The van der Waals surface area contributed by atoms with Gasteiger partial charge in [-0.15, -0.1) is 0 Å². The summed E-state index contributed by atoms with van der Waals surface area (Å²) in [6.45, 7) is 6.11. The number of phenolic OH excluding ortho intramolecular Hbond substituents is 1. The molecule has 1 amide bonds. The Morgan fingerprint density at radius 3 is 2.17 bits per heavy atom. The van der Waals surface area contributed by atoms with Crippen molar-refractivity contribution in [2.75, 3.05) is 13.1 Å². The van der Waals surface area contributed by atoms with Crippen molar-refractivity contribution in [2.24, 2.45) is 0 Å². The molecule has 1 aliphatic heterocycles. The minimum absolute atomic E-state index is 0.0312. The first-order chi connectivity index (χ1) is 10.6. The fraction of sp³-hybridized carbons (Fsp3) is 0.562. The maximum absolute atomic E-state index is 12.6. The van der Waals surface area contributed by atoms with Gasteiger partial charge in [0.2, 0.25) is 0 Å². The Bertz CT molecular complexity index is 653. The number of piperidine rings is 1. The van der Waals surface area contributed by atoms with Crippen LogP contribution in [0.3, 0.4) is 0 Å². The number of phenols is 1. The minimum atomic E-state index is -3.45. The van der Waals surface area contributed by atoms with E-state index in [0.29, 0.717) is 25.9 Å². The molecule has 6 nitrogen and oxygen atoms in total. The second kappa shape index (κ2) is 6.39. The van der Waals surface area contributed by atoms with Gasteiger partial charge in [0.05, 0.1) is 10.1 Å². The number of aromatic hydroxyl groups is 1. The quantitative estimate of drug-likeness (QED) is 0.894. The molecule has 0 aromatic heterocycles. The summed E-state index contributed by atoms with van der Waals surface area (Å²) < 4.78 is 30.5. The topological polar surface area (TPSA) is 83.9 Å². The Morgan fingerprint density at radius 1 is 1.17 bits per heavy atom. The Balaban J connectivity index is 2.01. The highest BCUT2D eigenvalue weighted by Crippen LogP contribution is 2.26. The van der Waals surface area contributed by atoms with Crippen molar-refractivity contribution in [1.29, 1.82) is 0 Å². The molecule has 7 heteroatoms. The number of carbonyl (C=O) groups excluding carboxylic acids is 1. The number of ether oxygens (including phenoxy) is 1. The first-order valence-electron chi connectivity index (χ1n) is 7.60. The SMILES string of the molecule is CC(C)(C)OC(=O)N1CCC(S(=O)(=O)c2ccc(O)cc2)CC1. The van der Waals surface area contributed by atoms with E-state index >= 15 is 0 Å². The molecule has 23 heavy (non-hydrogen) atoms. The third-order valence-corrected chi connectivity index (χ3v) is 5.98. The first-order valence-corrected chi connectivity index (χ1v) is 9.15. The standard InChI is InChI=1S/C16H23NO5S/c1-16(2,3)22-15(19)17-10-8-14(9-11-17)23(20,21)13-6-4-12(18)5-7-13/h4-7,14,18H,8-11H2,1-3H3. The summed E-state index contributed by atoms with van der Waals surface area (Å²) in [4.78, 5) is 13.8. The van der Waals surface area contributed by atoms with Gasteiger partial charge in [-0.1, -0.05) is 0 Å². The molecule has 0 aliphatic carbocycles. The molecule has 0 spiro atoms. The Kier molecular flexibility index (Phi) is 4.89. The highest BCUT2D eigenvalue weighted by atomic mass is 32.2. The monoisotopic (exact) mass is 341 g/mol. The Morgan fingerprint density at radius 2 is 1.70 bits per heavy atom. The molecule has 0 saturated carbocycles. The van der Waals surface area contributed by atoms with Crippen LogP contribution in [-0.4, -0.2) is 48.5 Å². The normalized spacial score (nSPS) is 17.1. The summed E-state index contributed by atoms with van der Waals surface area (Å²) in [5, 5.41) is 8.75. The van der Waals surface area contributed by atoms with Gasteiger partial charge in [-0.05, 0) is 57.9 Å². The molecule has 0 bridgehead atoms. The van der Waals surface area contributed by atoms with Crippen molar-refractivity contribution >= 4 is 15.9 Å². The van der Waals surface area contributed by atoms with E-state index in [9.17, 15) is 18.3 Å². The van der Waals surface area contributed by atoms with Crippen molar-refractivity contribution < 1.29 is 23.1 Å². The fourth-order valence-electron chi connectivity index (χ4n) is 2.50. The predicted octanol–water partition coefficient (Wildman–Crippen LogP) is 2.57. The third-order valence-electron chi connectivity index (χ3n) is 3.70. The molecule has 1 aromatic carbocycles. The van der Waals surface area contributed by atoms with Gasteiger partial charge in [0.25, 0.3) is 0 Å². The molecule has 1 fully saturated rings. The van der Waals surface area contributed by atoms with Crippen LogP contribution < -0.4 is 0 Å². The predicted molar refractivity (Wildman–Crippen MR) is 86.1 cm³/mol. The largest absolute Gasteiger partial charge is 0.508 e. The smallest absolute Gasteiger partial charge is 0.410 e. The fourth-order valence-corrected chi connectivity index (χ4v) is 4.24. The second-order valence-corrected chi connectivity index (χ2v) is 8.93. The van der Waals surface area contributed by atoms with Gasteiger partial charge < -0.3 is 14.7 Å². The Labute approximate surface area is 137 Å². The van der Waals surface area contributed by atoms with Gasteiger partial charge in [-0.3, -0.25) is 0 Å². The lowest BCUT2D eigenvalue weighted by Crippen LogP contribution is -2.44. The number of nitrogens with zero attached hydrogens (tertiary/aromatic N) is 1. The van der Waals surface area contributed by atoms with E-state index in [-0.39, 0.29) is 10.6 Å². The number of hydrogen-bond acceptors (Lipinski definition) is 5. The third kappa shape index (κ3) is 4.37. The molecule has 128 valence electrons. The zero-order valence-electron chi connectivity index (χ0n) is 13.7. The maximum Gasteiger partial charge on any atom is 0.410 e. The van der Waals surface area contributed by atoms with Gasteiger partial charge in [-0.25, -0.2) is 13.2 Å². The number of rotatable bonds is 2. The van der Waals surface area contributed by atoms with E-state index in [4.69, 9.17) is 4.74 Å². The summed E-state index contributed by atoms with van der Waals surface area (Å²) in [6.07, 6.45) is 0.350. The number of benzene rings is 1. The van der Waals surface area contributed by atoms with E-state index in [2.05, 4.69) is 0 Å². The summed E-state index contributed by atoms with van der Waals surface area (Å²) in [5.74, 6) is 0.0312. The highest BCUT2D eigenvalue weighted by Gasteiger charge is 2.34. The van der Waals surface area contributed by atoms with Crippen LogP contribution >= 0.6 is 0 Å². The molecule has 1 heterocycles. The number of hydrogen-bond donors (Lipinski definition) is 1. The number of sulfone groups is 1. The van der Waals surface area contributed by atoms with Crippen LogP contribution in [0.25, 0.3) is 0 Å². The van der Waals surface area contributed by atoms with Crippen molar-refractivity contribution in [3.05, 3.63) is 24.3 Å². The van der Waals surface area contributed by atoms with Gasteiger partial charge in [0.1, 0.15) is 11.4 Å². The van der Waals surface area contributed by atoms with E-state index in [1.165, 1.54) is 24.3 Å². The molecule has 0 radical (unpaired) electrons. The summed E-state index contributed by atoms with van der Waals surface area (Å²) in [6, 6.07) is 5.54. The van der Waals surface area contributed by atoms with E-state index in [0.717, 1.165) is 0 Å². The summed E-state index contributed by atoms with van der Waals surface area (Å²) >= 11 is 0. The maximum atomic E-state index is 12.6. The van der Waals surface area contributed by atoms with E-state index in [1.807, 2.05) is 0 Å². The second-order valence-electron chi connectivity index (χ2n) is 6.71. The first kappa shape index (κ1) is 17.6.